The van der Waals surface area contributed by atoms with Crippen LogP contribution >= 0.6 is 0 Å². The van der Waals surface area contributed by atoms with Gasteiger partial charge in [-0.3, -0.25) is 4.79 Å². The van der Waals surface area contributed by atoms with Gasteiger partial charge in [0.1, 0.15) is 5.69 Å². The Morgan fingerprint density at radius 1 is 1.04 bits per heavy atom. The average Bonchev–Trinajstić information content (AvgIpc) is 2.60. The summed E-state index contributed by atoms with van der Waals surface area (Å²) in [7, 11) is -3.73. The van der Waals surface area contributed by atoms with Crippen molar-refractivity contribution in [3.05, 3.63) is 71.9 Å². The number of fused-ring (bicyclic) bond motifs is 1. The second-order valence-electron chi connectivity index (χ2n) is 5.70. The number of primary sulfonamides is 1. The van der Waals surface area contributed by atoms with Crippen molar-refractivity contribution < 1.29 is 13.2 Å². The van der Waals surface area contributed by atoms with Gasteiger partial charge in [-0.2, -0.15) is 0 Å². The Bertz CT molecular complexity index is 1030. The Labute approximate surface area is 145 Å². The number of amides is 1. The maximum atomic E-state index is 12.4. The van der Waals surface area contributed by atoms with Crippen LogP contribution in [0.2, 0.25) is 0 Å². The second kappa shape index (κ2) is 6.62. The van der Waals surface area contributed by atoms with Gasteiger partial charge in [0, 0.05) is 5.39 Å². The topological polar surface area (TPSA) is 102 Å². The van der Waals surface area contributed by atoms with E-state index in [1.165, 1.54) is 12.1 Å². The van der Waals surface area contributed by atoms with E-state index in [9.17, 15) is 13.2 Å². The first kappa shape index (κ1) is 17.1. The fourth-order valence-electron chi connectivity index (χ4n) is 2.49. The average molecular weight is 355 g/mol. The molecule has 0 aliphatic rings. The van der Waals surface area contributed by atoms with Crippen LogP contribution in [0.5, 0.6) is 0 Å². The number of nitrogens with one attached hydrogen (secondary N) is 1. The summed E-state index contributed by atoms with van der Waals surface area (Å²) in [4.78, 5) is 16.8. The third-order valence-electron chi connectivity index (χ3n) is 3.89. The van der Waals surface area contributed by atoms with Crippen molar-refractivity contribution in [1.29, 1.82) is 0 Å². The lowest BCUT2D eigenvalue weighted by molar-refractivity contribution is 0.0935. The number of benzene rings is 2. The minimum absolute atomic E-state index is 0.0333. The summed E-state index contributed by atoms with van der Waals surface area (Å²) >= 11 is 0. The molecule has 1 heterocycles. The molecule has 0 bridgehead atoms. The molecular formula is C18H17N3O3S. The van der Waals surface area contributed by atoms with Gasteiger partial charge in [-0.15, -0.1) is 0 Å². The normalized spacial score (nSPS) is 12.7. The molecular weight excluding hydrogens is 338 g/mol. The van der Waals surface area contributed by atoms with Crippen molar-refractivity contribution in [3.8, 4) is 0 Å². The lowest BCUT2D eigenvalue weighted by Crippen LogP contribution is -2.27. The lowest BCUT2D eigenvalue weighted by atomic mass is 10.1. The highest BCUT2D eigenvalue weighted by Crippen LogP contribution is 2.17. The highest BCUT2D eigenvalue weighted by molar-refractivity contribution is 7.89. The molecule has 0 unspecified atom stereocenters. The molecule has 0 aliphatic carbocycles. The minimum atomic E-state index is -3.73. The van der Waals surface area contributed by atoms with E-state index >= 15 is 0 Å². The summed E-state index contributed by atoms with van der Waals surface area (Å²) in [6, 6.07) is 16.9. The molecule has 0 spiro atoms. The maximum Gasteiger partial charge on any atom is 0.270 e. The van der Waals surface area contributed by atoms with Crippen molar-refractivity contribution in [2.24, 2.45) is 5.14 Å². The molecule has 7 heteroatoms. The largest absolute Gasteiger partial charge is 0.344 e. The molecule has 0 saturated carbocycles. The third-order valence-corrected chi connectivity index (χ3v) is 4.82. The Kier molecular flexibility index (Phi) is 4.52. The van der Waals surface area contributed by atoms with E-state index in [0.717, 1.165) is 16.5 Å². The predicted octanol–water partition coefficient (Wildman–Crippen LogP) is 2.37. The first-order valence-corrected chi connectivity index (χ1v) is 9.18. The van der Waals surface area contributed by atoms with Gasteiger partial charge in [0.2, 0.25) is 10.0 Å². The monoisotopic (exact) mass is 355 g/mol. The van der Waals surface area contributed by atoms with Crippen molar-refractivity contribution in [2.75, 3.05) is 0 Å². The number of pyridine rings is 1. The molecule has 25 heavy (non-hydrogen) atoms. The van der Waals surface area contributed by atoms with E-state index in [2.05, 4.69) is 10.3 Å². The quantitative estimate of drug-likeness (QED) is 0.750. The van der Waals surface area contributed by atoms with Crippen molar-refractivity contribution in [3.63, 3.8) is 0 Å². The maximum absolute atomic E-state index is 12.4. The van der Waals surface area contributed by atoms with Gasteiger partial charge in [-0.1, -0.05) is 36.4 Å². The van der Waals surface area contributed by atoms with Crippen LogP contribution in [-0.4, -0.2) is 19.3 Å². The lowest BCUT2D eigenvalue weighted by Gasteiger charge is -2.14. The molecule has 3 rings (SSSR count). The third kappa shape index (κ3) is 3.84. The second-order valence-corrected chi connectivity index (χ2v) is 7.26. The molecule has 6 nitrogen and oxygen atoms in total. The summed E-state index contributed by atoms with van der Waals surface area (Å²) in [5, 5.41) is 8.90. The zero-order chi connectivity index (χ0) is 18.0. The zero-order valence-corrected chi connectivity index (χ0v) is 14.3. The Hall–Kier alpha value is -2.77. The highest BCUT2D eigenvalue weighted by atomic mass is 32.2. The van der Waals surface area contributed by atoms with Gasteiger partial charge < -0.3 is 5.32 Å². The van der Waals surface area contributed by atoms with E-state index in [4.69, 9.17) is 5.14 Å². The Balaban J connectivity index is 1.77. The molecule has 2 aromatic carbocycles. The van der Waals surface area contributed by atoms with Gasteiger partial charge in [0.05, 0.1) is 16.5 Å². The smallest absolute Gasteiger partial charge is 0.270 e. The number of rotatable bonds is 4. The standard InChI is InChI=1S/C18H17N3O3S/c1-12(13-6-9-15(10-7-13)25(19,23)24)20-18(22)17-11-8-14-4-2-3-5-16(14)21-17/h2-12H,1H3,(H,20,22)(H2,19,23,24)/t12-/m1/s1. The van der Waals surface area contributed by atoms with Crippen LogP contribution in [0.25, 0.3) is 10.9 Å². The number of sulfonamides is 1. The van der Waals surface area contributed by atoms with Crippen LogP contribution in [0, 0.1) is 0 Å². The van der Waals surface area contributed by atoms with Crippen LogP contribution in [0.3, 0.4) is 0 Å². The molecule has 1 amide bonds. The fourth-order valence-corrected chi connectivity index (χ4v) is 3.01. The van der Waals surface area contributed by atoms with Crippen molar-refractivity contribution in [2.45, 2.75) is 17.9 Å². The van der Waals surface area contributed by atoms with Crippen LogP contribution < -0.4 is 10.5 Å². The number of carbonyl (C=O) groups is 1. The van der Waals surface area contributed by atoms with Crippen LogP contribution in [0.15, 0.2) is 65.6 Å². The number of hydrogen-bond donors (Lipinski definition) is 2. The Morgan fingerprint density at radius 2 is 1.72 bits per heavy atom. The van der Waals surface area contributed by atoms with E-state index in [-0.39, 0.29) is 16.8 Å². The molecule has 1 atom stereocenters. The van der Waals surface area contributed by atoms with Gasteiger partial charge in [0.15, 0.2) is 0 Å². The highest BCUT2D eigenvalue weighted by Gasteiger charge is 2.14. The van der Waals surface area contributed by atoms with Crippen LogP contribution in [0.1, 0.15) is 29.0 Å². The first-order chi connectivity index (χ1) is 11.8. The van der Waals surface area contributed by atoms with E-state index < -0.39 is 10.0 Å². The van der Waals surface area contributed by atoms with Gasteiger partial charge in [-0.05, 0) is 36.8 Å². The molecule has 1 aromatic heterocycles. The first-order valence-electron chi connectivity index (χ1n) is 7.64. The summed E-state index contributed by atoms with van der Waals surface area (Å²) in [5.41, 5.74) is 1.84. The fraction of sp³-hybridized carbons (Fsp3) is 0.111. The Morgan fingerprint density at radius 3 is 2.40 bits per heavy atom. The summed E-state index contributed by atoms with van der Waals surface area (Å²) in [6.45, 7) is 1.81. The molecule has 0 fully saturated rings. The van der Waals surface area contributed by atoms with Gasteiger partial charge >= 0.3 is 0 Å². The van der Waals surface area contributed by atoms with Crippen molar-refractivity contribution >= 4 is 26.8 Å². The molecule has 0 aliphatic heterocycles. The van der Waals surface area contributed by atoms with Gasteiger partial charge in [0.25, 0.3) is 5.91 Å². The van der Waals surface area contributed by atoms with E-state index in [1.807, 2.05) is 37.3 Å². The summed E-state index contributed by atoms with van der Waals surface area (Å²) in [5.74, 6) is -0.297. The molecule has 0 radical (unpaired) electrons. The molecule has 3 N–H and O–H groups in total. The minimum Gasteiger partial charge on any atom is -0.344 e. The van der Waals surface area contributed by atoms with Crippen LogP contribution in [-0.2, 0) is 10.0 Å². The van der Waals surface area contributed by atoms with Crippen LogP contribution in [0.4, 0.5) is 0 Å². The molecule has 0 saturated heterocycles. The summed E-state index contributed by atoms with van der Waals surface area (Å²) < 4.78 is 22.6. The van der Waals surface area contributed by atoms with E-state index in [1.54, 1.807) is 18.2 Å². The number of nitrogens with zero attached hydrogens (tertiary/aromatic N) is 1. The number of hydrogen-bond acceptors (Lipinski definition) is 4. The predicted molar refractivity (Wildman–Crippen MR) is 95.4 cm³/mol. The number of aromatic nitrogens is 1. The molecule has 128 valence electrons. The SMILES string of the molecule is C[C@@H](NC(=O)c1ccc2ccccc2n1)c1ccc(S(N)(=O)=O)cc1. The summed E-state index contributed by atoms with van der Waals surface area (Å²) in [6.07, 6.45) is 0. The van der Waals surface area contributed by atoms with E-state index in [0.29, 0.717) is 5.69 Å². The molecule has 3 aromatic rings. The number of para-hydroxylation sites is 1. The van der Waals surface area contributed by atoms with Crippen molar-refractivity contribution in [1.82, 2.24) is 10.3 Å². The number of nitrogens with two attached hydrogens (primary N) is 1. The van der Waals surface area contributed by atoms with Gasteiger partial charge in [-0.25, -0.2) is 18.5 Å². The number of carbonyl (C=O) groups excluding carboxylic acids is 1. The zero-order valence-electron chi connectivity index (χ0n) is 13.5.